The molecule has 0 heterocycles. The van der Waals surface area contributed by atoms with Gasteiger partial charge in [-0.3, -0.25) is 4.72 Å². The highest BCUT2D eigenvalue weighted by Crippen LogP contribution is 2.22. The first-order valence-electron chi connectivity index (χ1n) is 5.72. The van der Waals surface area contributed by atoms with Crippen LogP contribution < -0.4 is 4.72 Å². The van der Waals surface area contributed by atoms with Gasteiger partial charge in [-0.2, -0.15) is 5.26 Å². The standard InChI is InChI=1S/C14H11FN2O2S/c1-10-8-12(15)6-7-14(10)20(18,19)17-13-5-3-2-4-11(13)9-16/h2-8,17H,1H3. The monoisotopic (exact) mass is 290 g/mol. The Labute approximate surface area is 116 Å². The largest absolute Gasteiger partial charge is 0.278 e. The van der Waals surface area contributed by atoms with Crippen LogP contribution in [0.4, 0.5) is 10.1 Å². The third-order valence-electron chi connectivity index (χ3n) is 2.72. The summed E-state index contributed by atoms with van der Waals surface area (Å²) >= 11 is 0. The molecule has 6 heteroatoms. The Hall–Kier alpha value is -2.39. The van der Waals surface area contributed by atoms with Crippen LogP contribution in [-0.2, 0) is 10.0 Å². The van der Waals surface area contributed by atoms with E-state index in [-0.39, 0.29) is 16.1 Å². The molecule has 0 aliphatic rings. The van der Waals surface area contributed by atoms with Crippen molar-refractivity contribution in [2.24, 2.45) is 0 Å². The van der Waals surface area contributed by atoms with Crippen LogP contribution in [-0.4, -0.2) is 8.42 Å². The summed E-state index contributed by atoms with van der Waals surface area (Å²) in [6, 6.07) is 11.6. The molecule has 2 aromatic rings. The van der Waals surface area contributed by atoms with Crippen molar-refractivity contribution in [1.82, 2.24) is 0 Å². The number of nitrogens with one attached hydrogen (secondary N) is 1. The molecule has 102 valence electrons. The molecule has 4 nitrogen and oxygen atoms in total. The summed E-state index contributed by atoms with van der Waals surface area (Å²) in [6.07, 6.45) is 0. The quantitative estimate of drug-likeness (QED) is 0.945. The van der Waals surface area contributed by atoms with Crippen LogP contribution >= 0.6 is 0 Å². The van der Waals surface area contributed by atoms with Crippen molar-refractivity contribution in [3.8, 4) is 6.07 Å². The van der Waals surface area contributed by atoms with Crippen molar-refractivity contribution >= 4 is 15.7 Å². The molecular formula is C14H11FN2O2S. The molecule has 0 aromatic heterocycles. The fourth-order valence-electron chi connectivity index (χ4n) is 1.78. The molecular weight excluding hydrogens is 279 g/mol. The number of hydrogen-bond acceptors (Lipinski definition) is 3. The van der Waals surface area contributed by atoms with Crippen LogP contribution in [0.1, 0.15) is 11.1 Å². The number of nitriles is 1. The van der Waals surface area contributed by atoms with Crippen molar-refractivity contribution in [2.75, 3.05) is 4.72 Å². The highest BCUT2D eigenvalue weighted by atomic mass is 32.2. The van der Waals surface area contributed by atoms with Gasteiger partial charge in [0.05, 0.1) is 16.1 Å². The second kappa shape index (κ2) is 5.31. The minimum absolute atomic E-state index is 0.0216. The molecule has 0 saturated carbocycles. The molecule has 0 atom stereocenters. The van der Waals surface area contributed by atoms with Gasteiger partial charge in [0.1, 0.15) is 11.9 Å². The first kappa shape index (κ1) is 14.0. The predicted molar refractivity (Wildman–Crippen MR) is 73.1 cm³/mol. The maximum Gasteiger partial charge on any atom is 0.262 e. The average Bonchev–Trinajstić information content (AvgIpc) is 2.38. The van der Waals surface area contributed by atoms with Gasteiger partial charge in [-0.25, -0.2) is 12.8 Å². The minimum Gasteiger partial charge on any atom is -0.278 e. The maximum absolute atomic E-state index is 13.0. The number of nitrogens with zero attached hydrogens (tertiary/aromatic N) is 1. The Balaban J connectivity index is 2.44. The third-order valence-corrected chi connectivity index (χ3v) is 4.24. The molecule has 20 heavy (non-hydrogen) atoms. The van der Waals surface area contributed by atoms with E-state index in [1.165, 1.54) is 25.1 Å². The number of benzene rings is 2. The van der Waals surface area contributed by atoms with E-state index in [0.29, 0.717) is 5.56 Å². The van der Waals surface area contributed by atoms with Crippen LogP contribution in [0.25, 0.3) is 0 Å². The molecule has 0 amide bonds. The lowest BCUT2D eigenvalue weighted by molar-refractivity contribution is 0.598. The van der Waals surface area contributed by atoms with Gasteiger partial charge in [0.15, 0.2) is 0 Å². The molecule has 0 aliphatic carbocycles. The van der Waals surface area contributed by atoms with E-state index in [2.05, 4.69) is 4.72 Å². The Morgan fingerprint density at radius 1 is 1.20 bits per heavy atom. The number of aryl methyl sites for hydroxylation is 1. The fourth-order valence-corrected chi connectivity index (χ4v) is 3.09. The predicted octanol–water partition coefficient (Wildman–Crippen LogP) is 2.81. The smallest absolute Gasteiger partial charge is 0.262 e. The van der Waals surface area contributed by atoms with Gasteiger partial charge in [-0.1, -0.05) is 12.1 Å². The zero-order chi connectivity index (χ0) is 14.8. The molecule has 0 aliphatic heterocycles. The van der Waals surface area contributed by atoms with Crippen LogP contribution in [0.3, 0.4) is 0 Å². The highest BCUT2D eigenvalue weighted by Gasteiger charge is 2.18. The van der Waals surface area contributed by atoms with E-state index >= 15 is 0 Å². The van der Waals surface area contributed by atoms with E-state index < -0.39 is 15.8 Å². The van der Waals surface area contributed by atoms with Crippen molar-refractivity contribution < 1.29 is 12.8 Å². The van der Waals surface area contributed by atoms with E-state index in [9.17, 15) is 12.8 Å². The van der Waals surface area contributed by atoms with Gasteiger partial charge in [0.25, 0.3) is 10.0 Å². The minimum atomic E-state index is -3.86. The van der Waals surface area contributed by atoms with Crippen molar-refractivity contribution in [3.05, 3.63) is 59.4 Å². The second-order valence-electron chi connectivity index (χ2n) is 4.17. The number of anilines is 1. The lowest BCUT2D eigenvalue weighted by Gasteiger charge is -2.11. The van der Waals surface area contributed by atoms with Crippen molar-refractivity contribution in [2.45, 2.75) is 11.8 Å². The van der Waals surface area contributed by atoms with Gasteiger partial charge in [0, 0.05) is 0 Å². The zero-order valence-corrected chi connectivity index (χ0v) is 11.4. The summed E-state index contributed by atoms with van der Waals surface area (Å²) in [5, 5.41) is 8.94. The third kappa shape index (κ3) is 2.78. The van der Waals surface area contributed by atoms with Crippen LogP contribution in [0.2, 0.25) is 0 Å². The molecule has 1 N–H and O–H groups in total. The number of hydrogen-bond donors (Lipinski definition) is 1. The Kier molecular flexibility index (Phi) is 3.72. The number of para-hydroxylation sites is 1. The summed E-state index contributed by atoms with van der Waals surface area (Å²) in [4.78, 5) is -0.0216. The Morgan fingerprint density at radius 2 is 1.90 bits per heavy atom. The molecule has 0 radical (unpaired) electrons. The van der Waals surface area contributed by atoms with E-state index in [4.69, 9.17) is 5.26 Å². The normalized spacial score (nSPS) is 10.8. The van der Waals surface area contributed by atoms with Crippen molar-refractivity contribution in [1.29, 1.82) is 5.26 Å². The zero-order valence-electron chi connectivity index (χ0n) is 10.6. The van der Waals surface area contributed by atoms with Crippen LogP contribution in [0, 0.1) is 24.1 Å². The number of halogens is 1. The number of sulfonamides is 1. The van der Waals surface area contributed by atoms with Gasteiger partial charge < -0.3 is 0 Å². The first-order chi connectivity index (χ1) is 9.44. The molecule has 2 aromatic carbocycles. The SMILES string of the molecule is Cc1cc(F)ccc1S(=O)(=O)Nc1ccccc1C#N. The second-order valence-corrected chi connectivity index (χ2v) is 5.82. The van der Waals surface area contributed by atoms with Gasteiger partial charge in [-0.05, 0) is 42.8 Å². The maximum atomic E-state index is 13.0. The number of rotatable bonds is 3. The highest BCUT2D eigenvalue weighted by molar-refractivity contribution is 7.92. The molecule has 0 saturated heterocycles. The first-order valence-corrected chi connectivity index (χ1v) is 7.20. The van der Waals surface area contributed by atoms with E-state index in [0.717, 1.165) is 12.1 Å². The molecule has 0 bridgehead atoms. The Morgan fingerprint density at radius 3 is 2.55 bits per heavy atom. The summed E-state index contributed by atoms with van der Waals surface area (Å²) in [5.74, 6) is -0.501. The lowest BCUT2D eigenvalue weighted by atomic mass is 10.2. The molecule has 0 fully saturated rings. The topological polar surface area (TPSA) is 70.0 Å². The molecule has 2 rings (SSSR count). The Bertz CT molecular complexity index is 795. The summed E-state index contributed by atoms with van der Waals surface area (Å²) < 4.78 is 39.9. The van der Waals surface area contributed by atoms with E-state index in [1.807, 2.05) is 6.07 Å². The lowest BCUT2D eigenvalue weighted by Crippen LogP contribution is -2.15. The summed E-state index contributed by atoms with van der Waals surface area (Å²) in [6.45, 7) is 1.51. The average molecular weight is 290 g/mol. The summed E-state index contributed by atoms with van der Waals surface area (Å²) in [5.41, 5.74) is 0.710. The van der Waals surface area contributed by atoms with Gasteiger partial charge >= 0.3 is 0 Å². The molecule has 0 spiro atoms. The van der Waals surface area contributed by atoms with E-state index in [1.54, 1.807) is 12.1 Å². The molecule has 0 unspecified atom stereocenters. The van der Waals surface area contributed by atoms with Crippen molar-refractivity contribution in [3.63, 3.8) is 0 Å². The van der Waals surface area contributed by atoms with Crippen LogP contribution in [0.5, 0.6) is 0 Å². The van der Waals surface area contributed by atoms with Gasteiger partial charge in [0.2, 0.25) is 0 Å². The summed E-state index contributed by atoms with van der Waals surface area (Å²) in [7, 11) is -3.86. The fraction of sp³-hybridized carbons (Fsp3) is 0.0714. The van der Waals surface area contributed by atoms with Crippen LogP contribution in [0.15, 0.2) is 47.4 Å². The van der Waals surface area contributed by atoms with Gasteiger partial charge in [-0.15, -0.1) is 0 Å².